The molecular formula is C29H34F2N4O2S. The Morgan fingerprint density at radius 2 is 1.87 bits per heavy atom. The Morgan fingerprint density at radius 1 is 1.18 bits per heavy atom. The number of thioether (sulfide) groups is 1. The van der Waals surface area contributed by atoms with Crippen molar-refractivity contribution >= 4 is 29.4 Å². The van der Waals surface area contributed by atoms with Crippen molar-refractivity contribution in [3.63, 3.8) is 0 Å². The lowest BCUT2D eigenvalue weighted by molar-refractivity contribution is -0.123. The van der Waals surface area contributed by atoms with Crippen molar-refractivity contribution in [1.82, 2.24) is 15.1 Å². The van der Waals surface area contributed by atoms with E-state index in [4.69, 9.17) is 5.10 Å². The molecule has 9 heteroatoms. The van der Waals surface area contributed by atoms with Crippen molar-refractivity contribution in [2.75, 3.05) is 17.2 Å². The molecule has 0 radical (unpaired) electrons. The lowest BCUT2D eigenvalue weighted by Gasteiger charge is -2.25. The van der Waals surface area contributed by atoms with Crippen LogP contribution < -0.4 is 10.2 Å². The zero-order valence-corrected chi connectivity index (χ0v) is 23.5. The van der Waals surface area contributed by atoms with E-state index in [9.17, 15) is 14.0 Å². The molecule has 202 valence electrons. The molecule has 0 spiro atoms. The summed E-state index contributed by atoms with van der Waals surface area (Å²) in [7, 11) is 0. The molecule has 0 bridgehead atoms. The van der Waals surface area contributed by atoms with Gasteiger partial charge in [-0.15, -0.1) is 11.8 Å². The van der Waals surface area contributed by atoms with Crippen LogP contribution in [0.5, 0.6) is 0 Å². The normalized spacial score (nSPS) is 16.7. The molecular weight excluding hydrogens is 506 g/mol. The third kappa shape index (κ3) is 5.62. The minimum Gasteiger partial charge on any atom is -0.352 e. The molecule has 1 N–H and O–H groups in total. The number of halogens is 2. The first kappa shape index (κ1) is 27.8. The van der Waals surface area contributed by atoms with Crippen LogP contribution >= 0.6 is 11.8 Å². The molecule has 2 amide bonds. The lowest BCUT2D eigenvalue weighted by Crippen LogP contribution is -2.44. The number of anilines is 1. The Morgan fingerprint density at radius 3 is 2.47 bits per heavy atom. The van der Waals surface area contributed by atoms with Gasteiger partial charge in [0.2, 0.25) is 11.8 Å². The van der Waals surface area contributed by atoms with Crippen LogP contribution in [0.1, 0.15) is 68.7 Å². The number of nitrogens with zero attached hydrogens (tertiary/aromatic N) is 3. The van der Waals surface area contributed by atoms with E-state index >= 15 is 4.39 Å². The smallest absolute Gasteiger partial charge is 0.240 e. The van der Waals surface area contributed by atoms with E-state index in [0.29, 0.717) is 22.8 Å². The van der Waals surface area contributed by atoms with Crippen LogP contribution in [0.25, 0.3) is 5.69 Å². The highest BCUT2D eigenvalue weighted by Crippen LogP contribution is 2.49. The molecule has 38 heavy (non-hydrogen) atoms. The summed E-state index contributed by atoms with van der Waals surface area (Å²) in [4.78, 5) is 28.1. The highest BCUT2D eigenvalue weighted by atomic mass is 32.2. The van der Waals surface area contributed by atoms with Crippen LogP contribution in [0.2, 0.25) is 0 Å². The average molecular weight is 541 g/mol. The van der Waals surface area contributed by atoms with Gasteiger partial charge in [0.1, 0.15) is 24.0 Å². The highest BCUT2D eigenvalue weighted by molar-refractivity contribution is 8.00. The summed E-state index contributed by atoms with van der Waals surface area (Å²) in [5, 5.41) is 7.28. The first-order chi connectivity index (χ1) is 17.9. The molecule has 0 fully saturated rings. The summed E-state index contributed by atoms with van der Waals surface area (Å²) in [5.41, 5.74) is 2.89. The van der Waals surface area contributed by atoms with Crippen molar-refractivity contribution in [1.29, 1.82) is 0 Å². The van der Waals surface area contributed by atoms with Crippen LogP contribution in [-0.2, 0) is 15.0 Å². The maximum Gasteiger partial charge on any atom is 0.240 e. The predicted octanol–water partition coefficient (Wildman–Crippen LogP) is 5.84. The summed E-state index contributed by atoms with van der Waals surface area (Å²) >= 11 is 1.26. The number of benzene rings is 2. The molecule has 2 atom stereocenters. The minimum atomic E-state index is -0.688. The van der Waals surface area contributed by atoms with Crippen LogP contribution in [0.3, 0.4) is 0 Å². The highest BCUT2D eigenvalue weighted by Gasteiger charge is 2.40. The Labute approximate surface area is 226 Å². The fourth-order valence-electron chi connectivity index (χ4n) is 4.46. The lowest BCUT2D eigenvalue weighted by atomic mass is 9.87. The van der Waals surface area contributed by atoms with Crippen LogP contribution in [-0.4, -0.2) is 39.9 Å². The van der Waals surface area contributed by atoms with Gasteiger partial charge in [0.05, 0.1) is 22.4 Å². The van der Waals surface area contributed by atoms with Crippen molar-refractivity contribution in [3.05, 3.63) is 76.5 Å². The van der Waals surface area contributed by atoms with Crippen molar-refractivity contribution in [2.45, 2.75) is 64.7 Å². The van der Waals surface area contributed by atoms with E-state index in [2.05, 4.69) is 5.32 Å². The Balaban J connectivity index is 2.00. The van der Waals surface area contributed by atoms with Gasteiger partial charge in [-0.3, -0.25) is 14.5 Å². The summed E-state index contributed by atoms with van der Waals surface area (Å²) in [6.07, 6.45) is 0.752. The number of nitrogens with one attached hydrogen (secondary N) is 1. The SMILES string of the molecule is CC[C@@H](C)NC(=O)CN1C(=O)CS[C@H](c2ccc(F)cc2F)c2c(C(C)(C)C)nn(-c3ccc(C)cc3)c21. The number of amides is 2. The molecule has 0 saturated heterocycles. The first-order valence-electron chi connectivity index (χ1n) is 12.8. The first-order valence-corrected chi connectivity index (χ1v) is 13.8. The third-order valence-corrected chi connectivity index (χ3v) is 7.88. The number of aryl methyl sites for hydroxylation is 1. The number of fused-ring (bicyclic) bond motifs is 1. The molecule has 0 unspecified atom stereocenters. The van der Waals surface area contributed by atoms with Crippen molar-refractivity contribution in [2.24, 2.45) is 0 Å². The molecule has 2 heterocycles. The Bertz CT molecular complexity index is 1350. The molecule has 1 aromatic heterocycles. The summed E-state index contributed by atoms with van der Waals surface area (Å²) in [5.74, 6) is -1.48. The fraction of sp³-hybridized carbons (Fsp3) is 0.414. The number of hydrogen-bond acceptors (Lipinski definition) is 4. The topological polar surface area (TPSA) is 67.2 Å². The van der Waals surface area contributed by atoms with Crippen LogP contribution in [0, 0.1) is 18.6 Å². The number of rotatable bonds is 6. The number of carbonyl (C=O) groups excluding carboxylic acids is 2. The molecule has 1 aliphatic heterocycles. The zero-order valence-electron chi connectivity index (χ0n) is 22.6. The van der Waals surface area contributed by atoms with Gasteiger partial charge in [-0.1, -0.05) is 51.5 Å². The quantitative estimate of drug-likeness (QED) is 0.427. The zero-order chi connectivity index (χ0) is 27.8. The minimum absolute atomic E-state index is 0.0181. The van der Waals surface area contributed by atoms with Crippen molar-refractivity contribution in [3.8, 4) is 5.69 Å². The van der Waals surface area contributed by atoms with Gasteiger partial charge in [0.25, 0.3) is 0 Å². The van der Waals surface area contributed by atoms with Gasteiger partial charge in [0, 0.05) is 28.7 Å². The van der Waals surface area contributed by atoms with E-state index in [1.54, 1.807) is 4.68 Å². The number of aromatic nitrogens is 2. The number of carbonyl (C=O) groups is 2. The van der Waals surface area contributed by atoms with E-state index in [1.807, 2.05) is 65.8 Å². The third-order valence-electron chi connectivity index (χ3n) is 6.64. The summed E-state index contributed by atoms with van der Waals surface area (Å²) in [6, 6.07) is 11.2. The maximum atomic E-state index is 15.2. The Hall–Kier alpha value is -3.20. The summed E-state index contributed by atoms with van der Waals surface area (Å²) in [6.45, 7) is 11.7. The summed E-state index contributed by atoms with van der Waals surface area (Å²) < 4.78 is 30.7. The van der Waals surface area contributed by atoms with Crippen LogP contribution in [0.4, 0.5) is 14.6 Å². The van der Waals surface area contributed by atoms with Gasteiger partial charge in [-0.05, 0) is 38.5 Å². The van der Waals surface area contributed by atoms with Gasteiger partial charge in [-0.2, -0.15) is 5.10 Å². The second-order valence-electron chi connectivity index (χ2n) is 10.8. The van der Waals surface area contributed by atoms with Gasteiger partial charge in [-0.25, -0.2) is 13.5 Å². The second kappa shape index (κ2) is 10.9. The molecule has 0 saturated carbocycles. The van der Waals surface area contributed by atoms with Gasteiger partial charge >= 0.3 is 0 Å². The largest absolute Gasteiger partial charge is 0.352 e. The molecule has 0 aliphatic carbocycles. The molecule has 4 rings (SSSR count). The van der Waals surface area contributed by atoms with Crippen molar-refractivity contribution < 1.29 is 18.4 Å². The average Bonchev–Trinajstić information content (AvgIpc) is 3.18. The van der Waals surface area contributed by atoms with E-state index in [-0.39, 0.29) is 35.7 Å². The van der Waals surface area contributed by atoms with E-state index in [0.717, 1.165) is 18.1 Å². The second-order valence-corrected chi connectivity index (χ2v) is 11.9. The predicted molar refractivity (Wildman–Crippen MR) is 148 cm³/mol. The van der Waals surface area contributed by atoms with E-state index in [1.165, 1.54) is 28.8 Å². The van der Waals surface area contributed by atoms with Gasteiger partial charge < -0.3 is 5.32 Å². The molecule has 1 aliphatic rings. The van der Waals surface area contributed by atoms with E-state index < -0.39 is 22.3 Å². The molecule has 6 nitrogen and oxygen atoms in total. The maximum absolute atomic E-state index is 15.2. The molecule has 2 aromatic carbocycles. The monoisotopic (exact) mass is 540 g/mol. The molecule has 3 aromatic rings. The Kier molecular flexibility index (Phi) is 7.97. The fourth-order valence-corrected chi connectivity index (χ4v) is 5.68. The van der Waals surface area contributed by atoms with Gasteiger partial charge in [0.15, 0.2) is 0 Å². The number of hydrogen-bond donors (Lipinski definition) is 1. The standard InChI is InChI=1S/C29H34F2N4O2S/c1-7-18(3)32-23(36)15-34-24(37)16-38-26(21-13-10-19(30)14-22(21)31)25-27(29(4,5)6)33-35(28(25)34)20-11-8-17(2)9-12-20/h8-14,18,26H,7,15-16H2,1-6H3,(H,32,36)/t18-,26-/m1/s1. The van der Waals surface area contributed by atoms with Crippen LogP contribution in [0.15, 0.2) is 42.5 Å².